The van der Waals surface area contributed by atoms with Crippen molar-refractivity contribution in [1.82, 2.24) is 9.80 Å². The van der Waals surface area contributed by atoms with Gasteiger partial charge in [-0.25, -0.2) is 0 Å². The Hall–Kier alpha value is -1.79. The Morgan fingerprint density at radius 1 is 1.12 bits per heavy atom. The summed E-state index contributed by atoms with van der Waals surface area (Å²) in [4.78, 5) is 16.6. The molecule has 6 heteroatoms. The summed E-state index contributed by atoms with van der Waals surface area (Å²) in [5.74, 6) is 1.70. The number of ether oxygens (including phenoxy) is 3. The fourth-order valence-electron chi connectivity index (χ4n) is 4.46. The van der Waals surface area contributed by atoms with Crippen molar-refractivity contribution in [2.45, 2.75) is 25.8 Å². The zero-order chi connectivity index (χ0) is 18.6. The van der Waals surface area contributed by atoms with Gasteiger partial charge in [0.1, 0.15) is 6.61 Å². The predicted octanol–water partition coefficient (Wildman–Crippen LogP) is 2.16. The fraction of sp³-hybridized carbons (Fsp3) is 0.650. The minimum atomic E-state index is 0.107. The summed E-state index contributed by atoms with van der Waals surface area (Å²) in [6, 6.07) is 6.04. The molecule has 1 spiro atoms. The molecule has 2 aliphatic rings. The molecular formula is C20H30N2O4. The van der Waals surface area contributed by atoms with Crippen molar-refractivity contribution in [3.63, 3.8) is 0 Å². The van der Waals surface area contributed by atoms with E-state index in [2.05, 4.69) is 11.0 Å². The number of rotatable bonds is 6. The Kier molecular flexibility index (Phi) is 6.04. The molecule has 0 bridgehead atoms. The Bertz CT molecular complexity index is 636. The van der Waals surface area contributed by atoms with E-state index in [-0.39, 0.29) is 17.9 Å². The number of likely N-dealkylation sites (tertiary alicyclic amines) is 2. The lowest BCUT2D eigenvalue weighted by molar-refractivity contribution is -0.134. The lowest BCUT2D eigenvalue weighted by Crippen LogP contribution is -2.45. The Morgan fingerprint density at radius 3 is 2.69 bits per heavy atom. The molecule has 0 N–H and O–H groups in total. The lowest BCUT2D eigenvalue weighted by Gasteiger charge is -2.40. The number of methoxy groups -OCH3 is 3. The summed E-state index contributed by atoms with van der Waals surface area (Å²) in [5, 5.41) is 0. The van der Waals surface area contributed by atoms with Crippen LogP contribution in [0.25, 0.3) is 0 Å². The first-order valence-electron chi connectivity index (χ1n) is 9.30. The van der Waals surface area contributed by atoms with Crippen LogP contribution in [0.1, 0.15) is 24.8 Å². The van der Waals surface area contributed by atoms with Crippen LogP contribution in [0.2, 0.25) is 0 Å². The zero-order valence-corrected chi connectivity index (χ0v) is 16.1. The SMILES string of the molecule is COCC(=O)N1CCC2(CCCN(Cc3cccc(OC)c3OC)C2)C1. The van der Waals surface area contributed by atoms with E-state index in [4.69, 9.17) is 14.2 Å². The maximum atomic E-state index is 12.2. The van der Waals surface area contributed by atoms with Gasteiger partial charge >= 0.3 is 0 Å². The molecule has 1 aromatic carbocycles. The normalized spacial score (nSPS) is 23.4. The Labute approximate surface area is 156 Å². The van der Waals surface area contributed by atoms with E-state index in [9.17, 15) is 4.79 Å². The van der Waals surface area contributed by atoms with E-state index in [0.29, 0.717) is 0 Å². The summed E-state index contributed by atoms with van der Waals surface area (Å²) >= 11 is 0. The van der Waals surface area contributed by atoms with E-state index in [0.717, 1.165) is 56.2 Å². The van der Waals surface area contributed by atoms with Crippen molar-refractivity contribution in [2.75, 3.05) is 54.1 Å². The van der Waals surface area contributed by atoms with Gasteiger partial charge in [-0.15, -0.1) is 0 Å². The molecule has 0 saturated carbocycles. The van der Waals surface area contributed by atoms with E-state index < -0.39 is 0 Å². The van der Waals surface area contributed by atoms with E-state index in [1.807, 2.05) is 17.0 Å². The quantitative estimate of drug-likeness (QED) is 0.776. The van der Waals surface area contributed by atoms with Crippen molar-refractivity contribution in [1.29, 1.82) is 0 Å². The van der Waals surface area contributed by atoms with Crippen LogP contribution < -0.4 is 9.47 Å². The van der Waals surface area contributed by atoms with Gasteiger partial charge in [-0.2, -0.15) is 0 Å². The second-order valence-electron chi connectivity index (χ2n) is 7.47. The highest BCUT2D eigenvalue weighted by molar-refractivity contribution is 5.77. The monoisotopic (exact) mass is 362 g/mol. The van der Waals surface area contributed by atoms with Gasteiger partial charge in [0.2, 0.25) is 5.91 Å². The fourth-order valence-corrected chi connectivity index (χ4v) is 4.46. The number of carbonyl (C=O) groups is 1. The molecule has 0 radical (unpaired) electrons. The lowest BCUT2D eigenvalue weighted by atomic mass is 9.79. The molecule has 0 aromatic heterocycles. The minimum Gasteiger partial charge on any atom is -0.493 e. The highest BCUT2D eigenvalue weighted by Crippen LogP contribution is 2.40. The largest absolute Gasteiger partial charge is 0.493 e. The summed E-state index contributed by atoms with van der Waals surface area (Å²) in [7, 11) is 4.94. The molecule has 6 nitrogen and oxygen atoms in total. The molecule has 1 unspecified atom stereocenters. The van der Waals surface area contributed by atoms with Crippen molar-refractivity contribution >= 4 is 5.91 Å². The standard InChI is InChI=1S/C20H30N2O4/c1-24-13-18(23)22-11-9-20(15-22)8-5-10-21(14-20)12-16-6-4-7-17(25-2)19(16)26-3/h4,6-7H,5,8-15H2,1-3H3. The van der Waals surface area contributed by atoms with Crippen LogP contribution in [0.15, 0.2) is 18.2 Å². The van der Waals surface area contributed by atoms with Gasteiger partial charge in [-0.05, 0) is 31.9 Å². The molecule has 144 valence electrons. The van der Waals surface area contributed by atoms with Crippen LogP contribution >= 0.6 is 0 Å². The molecule has 2 fully saturated rings. The van der Waals surface area contributed by atoms with E-state index in [1.54, 1.807) is 21.3 Å². The van der Waals surface area contributed by atoms with Gasteiger partial charge in [0.25, 0.3) is 0 Å². The molecule has 1 aromatic rings. The van der Waals surface area contributed by atoms with Gasteiger partial charge in [0.05, 0.1) is 14.2 Å². The first-order chi connectivity index (χ1) is 12.6. The van der Waals surface area contributed by atoms with Crippen molar-refractivity contribution < 1.29 is 19.0 Å². The number of nitrogens with zero attached hydrogens (tertiary/aromatic N) is 2. The molecule has 1 atom stereocenters. The number of benzene rings is 1. The molecule has 26 heavy (non-hydrogen) atoms. The van der Waals surface area contributed by atoms with Gasteiger partial charge in [0.15, 0.2) is 11.5 Å². The maximum Gasteiger partial charge on any atom is 0.248 e. The topological polar surface area (TPSA) is 51.2 Å². The number of para-hydroxylation sites is 1. The molecule has 2 heterocycles. The zero-order valence-electron chi connectivity index (χ0n) is 16.1. The van der Waals surface area contributed by atoms with Gasteiger partial charge < -0.3 is 19.1 Å². The first kappa shape index (κ1) is 19.0. The molecule has 1 amide bonds. The number of amides is 1. The summed E-state index contributed by atoms with van der Waals surface area (Å²) in [6.07, 6.45) is 3.43. The van der Waals surface area contributed by atoms with Crippen LogP contribution in [-0.4, -0.2) is 69.8 Å². The van der Waals surface area contributed by atoms with E-state index >= 15 is 0 Å². The van der Waals surface area contributed by atoms with Crippen molar-refractivity contribution in [2.24, 2.45) is 5.41 Å². The third-order valence-corrected chi connectivity index (χ3v) is 5.68. The van der Waals surface area contributed by atoms with Crippen LogP contribution in [0.3, 0.4) is 0 Å². The minimum absolute atomic E-state index is 0.107. The first-order valence-corrected chi connectivity index (χ1v) is 9.30. The summed E-state index contributed by atoms with van der Waals surface area (Å²) in [5.41, 5.74) is 1.36. The van der Waals surface area contributed by atoms with Crippen LogP contribution in [0.4, 0.5) is 0 Å². The number of hydrogen-bond donors (Lipinski definition) is 0. The molecule has 3 rings (SSSR count). The predicted molar refractivity (Wildman–Crippen MR) is 99.6 cm³/mol. The van der Waals surface area contributed by atoms with Crippen molar-refractivity contribution in [3.05, 3.63) is 23.8 Å². The summed E-state index contributed by atoms with van der Waals surface area (Å²) in [6.45, 7) is 4.81. The van der Waals surface area contributed by atoms with E-state index in [1.165, 1.54) is 12.8 Å². The molecule has 2 saturated heterocycles. The average molecular weight is 362 g/mol. The van der Waals surface area contributed by atoms with Crippen LogP contribution in [0.5, 0.6) is 11.5 Å². The van der Waals surface area contributed by atoms with Crippen LogP contribution in [-0.2, 0) is 16.1 Å². The average Bonchev–Trinajstić information content (AvgIpc) is 3.05. The molecule has 0 aliphatic carbocycles. The summed E-state index contributed by atoms with van der Waals surface area (Å²) < 4.78 is 16.0. The van der Waals surface area contributed by atoms with Gasteiger partial charge in [-0.3, -0.25) is 9.69 Å². The molecule has 2 aliphatic heterocycles. The number of hydrogen-bond acceptors (Lipinski definition) is 5. The highest BCUT2D eigenvalue weighted by atomic mass is 16.5. The Morgan fingerprint density at radius 2 is 1.96 bits per heavy atom. The van der Waals surface area contributed by atoms with Gasteiger partial charge in [-0.1, -0.05) is 12.1 Å². The second kappa shape index (κ2) is 8.27. The third kappa shape index (κ3) is 3.96. The number of piperidine rings is 1. The Balaban J connectivity index is 1.67. The van der Waals surface area contributed by atoms with Crippen LogP contribution in [0, 0.1) is 5.41 Å². The van der Waals surface area contributed by atoms with Gasteiger partial charge in [0, 0.05) is 44.3 Å². The number of carbonyl (C=O) groups excluding carboxylic acids is 1. The van der Waals surface area contributed by atoms with Crippen molar-refractivity contribution in [3.8, 4) is 11.5 Å². The smallest absolute Gasteiger partial charge is 0.248 e. The third-order valence-electron chi connectivity index (χ3n) is 5.68. The second-order valence-corrected chi connectivity index (χ2v) is 7.47. The molecular weight excluding hydrogens is 332 g/mol. The highest BCUT2D eigenvalue weighted by Gasteiger charge is 2.42. The maximum absolute atomic E-state index is 12.2.